The van der Waals surface area contributed by atoms with Crippen LogP contribution in [0.25, 0.3) is 0 Å². The van der Waals surface area contributed by atoms with Gasteiger partial charge in [-0.2, -0.15) is 13.2 Å². The predicted octanol–water partition coefficient (Wildman–Crippen LogP) is 3.69. The lowest BCUT2D eigenvalue weighted by molar-refractivity contribution is -0.151. The van der Waals surface area contributed by atoms with Crippen LogP contribution in [0.4, 0.5) is 13.2 Å². The molecule has 1 aromatic carbocycles. The fourth-order valence-electron chi connectivity index (χ4n) is 1.70. The molecule has 0 radical (unpaired) electrons. The van der Waals surface area contributed by atoms with Gasteiger partial charge in [0.1, 0.15) is 0 Å². The van der Waals surface area contributed by atoms with Crippen molar-refractivity contribution in [1.29, 1.82) is 0 Å². The number of benzene rings is 1. The topological polar surface area (TPSA) is 18.5 Å². The maximum Gasteiger partial charge on any atom is 0.416 e. The quantitative estimate of drug-likeness (QED) is 0.787. The minimum absolute atomic E-state index is 0.350. The number of hydrogen-bond donors (Lipinski definition) is 0. The Morgan fingerprint density at radius 1 is 1.18 bits per heavy atom. The maximum absolute atomic E-state index is 12.7. The van der Waals surface area contributed by atoms with E-state index in [1.54, 1.807) is 13.0 Å². The molecule has 2 nitrogen and oxygen atoms in total. The summed E-state index contributed by atoms with van der Waals surface area (Å²) in [6.07, 6.45) is -4.38. The van der Waals surface area contributed by atoms with Gasteiger partial charge in [-0.05, 0) is 25.1 Å². The predicted molar refractivity (Wildman–Crippen MR) is 58.4 cm³/mol. The van der Waals surface area contributed by atoms with Gasteiger partial charge in [0.25, 0.3) is 0 Å². The molecule has 0 aromatic heterocycles. The van der Waals surface area contributed by atoms with Gasteiger partial charge in [-0.25, -0.2) is 0 Å². The van der Waals surface area contributed by atoms with E-state index in [1.165, 1.54) is 0 Å². The molecule has 1 saturated heterocycles. The van der Waals surface area contributed by atoms with E-state index in [2.05, 4.69) is 15.9 Å². The molecule has 1 aliphatic rings. The Hall–Kier alpha value is -0.590. The van der Waals surface area contributed by atoms with Crippen molar-refractivity contribution in [3.63, 3.8) is 0 Å². The Morgan fingerprint density at radius 2 is 1.76 bits per heavy atom. The van der Waals surface area contributed by atoms with E-state index in [9.17, 15) is 13.2 Å². The van der Waals surface area contributed by atoms with Gasteiger partial charge in [0.15, 0.2) is 5.79 Å². The van der Waals surface area contributed by atoms with Crippen molar-refractivity contribution in [3.05, 3.63) is 33.8 Å². The summed E-state index contributed by atoms with van der Waals surface area (Å²) in [5.74, 6) is -1.09. The minimum atomic E-state index is -4.38. The van der Waals surface area contributed by atoms with Crippen molar-refractivity contribution in [2.75, 3.05) is 13.2 Å². The zero-order valence-electron chi connectivity index (χ0n) is 8.97. The minimum Gasteiger partial charge on any atom is -0.344 e. The number of ether oxygens (including phenoxy) is 2. The van der Waals surface area contributed by atoms with Crippen molar-refractivity contribution in [2.45, 2.75) is 18.9 Å². The van der Waals surface area contributed by atoms with E-state index in [0.717, 1.165) is 12.1 Å². The van der Waals surface area contributed by atoms with Gasteiger partial charge in [0.2, 0.25) is 0 Å². The first kappa shape index (κ1) is 12.9. The Kier molecular flexibility index (Phi) is 3.22. The van der Waals surface area contributed by atoms with Crippen LogP contribution in [0.15, 0.2) is 22.7 Å². The normalized spacial score (nSPS) is 19.6. The second-order valence-corrected chi connectivity index (χ2v) is 4.78. The van der Waals surface area contributed by atoms with Gasteiger partial charge in [-0.3, -0.25) is 0 Å². The third-order valence-electron chi connectivity index (χ3n) is 2.59. The zero-order valence-corrected chi connectivity index (χ0v) is 10.6. The van der Waals surface area contributed by atoms with E-state index in [-0.39, 0.29) is 0 Å². The van der Waals surface area contributed by atoms with E-state index in [1.807, 2.05) is 0 Å². The molecular formula is C11H10BrF3O2. The molecule has 1 fully saturated rings. The Labute approximate surface area is 105 Å². The SMILES string of the molecule is CC1(c2cc(Br)cc(C(F)(F)F)c2)OCCO1. The average molecular weight is 311 g/mol. The summed E-state index contributed by atoms with van der Waals surface area (Å²) in [5.41, 5.74) is -0.362. The highest BCUT2D eigenvalue weighted by Crippen LogP contribution is 2.37. The van der Waals surface area contributed by atoms with Gasteiger partial charge >= 0.3 is 6.18 Å². The number of rotatable bonds is 1. The Morgan fingerprint density at radius 3 is 2.29 bits per heavy atom. The molecule has 0 atom stereocenters. The first-order valence-corrected chi connectivity index (χ1v) is 5.77. The molecule has 0 saturated carbocycles. The summed E-state index contributed by atoms with van der Waals surface area (Å²) >= 11 is 3.07. The van der Waals surface area contributed by atoms with Gasteiger partial charge in [0, 0.05) is 10.0 Å². The van der Waals surface area contributed by atoms with Crippen LogP contribution in [-0.2, 0) is 21.4 Å². The van der Waals surface area contributed by atoms with Crippen LogP contribution in [0.3, 0.4) is 0 Å². The van der Waals surface area contributed by atoms with Crippen LogP contribution < -0.4 is 0 Å². The number of hydrogen-bond acceptors (Lipinski definition) is 2. The molecule has 0 bridgehead atoms. The highest BCUT2D eigenvalue weighted by atomic mass is 79.9. The smallest absolute Gasteiger partial charge is 0.344 e. The molecule has 1 aliphatic heterocycles. The molecule has 1 heterocycles. The Balaban J connectivity index is 2.45. The molecule has 0 amide bonds. The van der Waals surface area contributed by atoms with Crippen molar-refractivity contribution in [3.8, 4) is 0 Å². The number of alkyl halides is 3. The fourth-order valence-corrected chi connectivity index (χ4v) is 2.19. The molecule has 6 heteroatoms. The molecule has 2 rings (SSSR count). The van der Waals surface area contributed by atoms with Crippen molar-refractivity contribution < 1.29 is 22.6 Å². The van der Waals surface area contributed by atoms with Gasteiger partial charge in [-0.1, -0.05) is 15.9 Å². The second kappa shape index (κ2) is 4.26. The van der Waals surface area contributed by atoms with Crippen LogP contribution in [0.5, 0.6) is 0 Å². The largest absolute Gasteiger partial charge is 0.416 e. The monoisotopic (exact) mass is 310 g/mol. The molecular weight excluding hydrogens is 301 g/mol. The highest BCUT2D eigenvalue weighted by Gasteiger charge is 2.37. The molecule has 0 N–H and O–H groups in total. The van der Waals surface area contributed by atoms with Crippen LogP contribution in [0, 0.1) is 0 Å². The van der Waals surface area contributed by atoms with E-state index < -0.39 is 17.5 Å². The third-order valence-corrected chi connectivity index (χ3v) is 3.05. The summed E-state index contributed by atoms with van der Waals surface area (Å²) in [6, 6.07) is 3.65. The molecule has 0 aliphatic carbocycles. The third kappa shape index (κ3) is 2.64. The van der Waals surface area contributed by atoms with Crippen LogP contribution >= 0.6 is 15.9 Å². The molecule has 1 aromatic rings. The lowest BCUT2D eigenvalue weighted by Gasteiger charge is -2.24. The van der Waals surface area contributed by atoms with Crippen molar-refractivity contribution in [2.24, 2.45) is 0 Å². The van der Waals surface area contributed by atoms with Crippen molar-refractivity contribution >= 4 is 15.9 Å². The molecule has 0 unspecified atom stereocenters. The standard InChI is InChI=1S/C11H10BrF3O2/c1-10(16-2-3-17-10)7-4-8(11(13,14)15)6-9(12)5-7/h4-6H,2-3H2,1H3. The van der Waals surface area contributed by atoms with Crippen LogP contribution in [0.2, 0.25) is 0 Å². The van der Waals surface area contributed by atoms with Gasteiger partial charge < -0.3 is 9.47 Å². The maximum atomic E-state index is 12.7. The summed E-state index contributed by atoms with van der Waals surface area (Å²) in [5, 5.41) is 0. The van der Waals surface area contributed by atoms with E-state index in [4.69, 9.17) is 9.47 Å². The summed E-state index contributed by atoms with van der Waals surface area (Å²) in [6.45, 7) is 2.37. The molecule has 17 heavy (non-hydrogen) atoms. The summed E-state index contributed by atoms with van der Waals surface area (Å²) in [7, 11) is 0. The van der Waals surface area contributed by atoms with Gasteiger partial charge in [0.05, 0.1) is 18.8 Å². The summed E-state index contributed by atoms with van der Waals surface area (Å²) < 4.78 is 49.0. The second-order valence-electron chi connectivity index (χ2n) is 3.87. The van der Waals surface area contributed by atoms with E-state index in [0.29, 0.717) is 23.2 Å². The lowest BCUT2D eigenvalue weighted by Crippen LogP contribution is -2.23. The van der Waals surface area contributed by atoms with Crippen LogP contribution in [-0.4, -0.2) is 13.2 Å². The lowest BCUT2D eigenvalue weighted by atomic mass is 10.0. The summed E-state index contributed by atoms with van der Waals surface area (Å²) in [4.78, 5) is 0. The van der Waals surface area contributed by atoms with Gasteiger partial charge in [-0.15, -0.1) is 0 Å². The fraction of sp³-hybridized carbons (Fsp3) is 0.455. The zero-order chi connectivity index (χ0) is 12.7. The first-order chi connectivity index (χ1) is 7.81. The van der Waals surface area contributed by atoms with E-state index >= 15 is 0 Å². The number of halogens is 4. The van der Waals surface area contributed by atoms with Crippen LogP contribution in [0.1, 0.15) is 18.1 Å². The Bertz CT molecular complexity index is 425. The van der Waals surface area contributed by atoms with Crippen molar-refractivity contribution in [1.82, 2.24) is 0 Å². The molecule has 94 valence electrons. The first-order valence-electron chi connectivity index (χ1n) is 4.97. The highest BCUT2D eigenvalue weighted by molar-refractivity contribution is 9.10. The average Bonchev–Trinajstić information content (AvgIpc) is 2.64. The molecule has 0 spiro atoms.